The predicted molar refractivity (Wildman–Crippen MR) is 126 cm³/mol. The van der Waals surface area contributed by atoms with Crippen molar-refractivity contribution in [2.45, 2.75) is 38.3 Å². The van der Waals surface area contributed by atoms with Gasteiger partial charge in [0.2, 0.25) is 0 Å². The summed E-state index contributed by atoms with van der Waals surface area (Å²) in [7, 11) is 0. The molecule has 1 atom stereocenters. The number of nitrogens with zero attached hydrogens (tertiary/aromatic N) is 5. The average Bonchev–Trinajstić information content (AvgIpc) is 3.17. The fourth-order valence-corrected chi connectivity index (χ4v) is 4.28. The van der Waals surface area contributed by atoms with Gasteiger partial charge in [0.1, 0.15) is 5.82 Å². The lowest BCUT2D eigenvalue weighted by Gasteiger charge is -2.23. The average molecular weight is 488 g/mol. The van der Waals surface area contributed by atoms with Crippen LogP contribution in [0.3, 0.4) is 0 Å². The number of benzene rings is 1. The van der Waals surface area contributed by atoms with Crippen LogP contribution < -0.4 is 10.6 Å². The number of hydrogen-bond acceptors (Lipinski definition) is 7. The highest BCUT2D eigenvalue weighted by Gasteiger charge is 2.19. The first-order valence-electron chi connectivity index (χ1n) is 10.2. The molecule has 4 rings (SSSR count). The number of fused-ring (bicyclic) bond motifs is 1. The van der Waals surface area contributed by atoms with Gasteiger partial charge in [-0.2, -0.15) is 14.7 Å². The highest BCUT2D eigenvalue weighted by Crippen LogP contribution is 2.29. The van der Waals surface area contributed by atoms with Crippen LogP contribution >= 0.6 is 27.9 Å². The van der Waals surface area contributed by atoms with Gasteiger partial charge in [-0.1, -0.05) is 24.3 Å². The molecule has 7 nitrogen and oxygen atoms in total. The minimum Gasteiger partial charge on any atom is -0.366 e. The van der Waals surface area contributed by atoms with Crippen molar-refractivity contribution in [3.05, 3.63) is 57.8 Å². The zero-order valence-corrected chi connectivity index (χ0v) is 19.6. The summed E-state index contributed by atoms with van der Waals surface area (Å²) in [5.41, 5.74) is 4.35. The fourth-order valence-electron chi connectivity index (χ4n) is 3.70. The summed E-state index contributed by atoms with van der Waals surface area (Å²) in [5.74, 6) is 1.44. The Morgan fingerprint density at radius 2 is 2.07 bits per heavy atom. The van der Waals surface area contributed by atoms with E-state index in [-0.39, 0.29) is 6.04 Å². The first-order chi connectivity index (χ1) is 14.7. The maximum atomic E-state index is 4.89. The van der Waals surface area contributed by atoms with Crippen molar-refractivity contribution >= 4 is 39.3 Å². The van der Waals surface area contributed by atoms with E-state index in [1.165, 1.54) is 17.5 Å². The molecule has 0 radical (unpaired) electrons. The molecule has 1 saturated heterocycles. The maximum Gasteiger partial charge on any atom is 0.171 e. The second-order valence-electron chi connectivity index (χ2n) is 7.47. The summed E-state index contributed by atoms with van der Waals surface area (Å²) >= 11 is 4.97. The van der Waals surface area contributed by atoms with Crippen LogP contribution in [-0.2, 0) is 6.54 Å². The lowest BCUT2D eigenvalue weighted by molar-refractivity contribution is 0.453. The minimum absolute atomic E-state index is 0.0632. The Kier molecular flexibility index (Phi) is 7.01. The van der Waals surface area contributed by atoms with Gasteiger partial charge < -0.3 is 10.6 Å². The molecule has 30 heavy (non-hydrogen) atoms. The number of piperidine rings is 1. The Hall–Kier alpha value is -1.97. The number of aromatic nitrogens is 3. The van der Waals surface area contributed by atoms with Gasteiger partial charge in [0.25, 0.3) is 0 Å². The molecule has 0 spiro atoms. The second-order valence-corrected chi connectivity index (χ2v) is 8.85. The summed E-state index contributed by atoms with van der Waals surface area (Å²) in [6, 6.07) is 10.7. The SMILES string of the molecule is CSN=NC(C)c1ccc(CNc2cc(C3CCNCC3)nc3c(Br)cnn23)cc1. The van der Waals surface area contributed by atoms with E-state index in [1.54, 1.807) is 6.20 Å². The monoisotopic (exact) mass is 487 g/mol. The minimum atomic E-state index is 0.0632. The van der Waals surface area contributed by atoms with Crippen LogP contribution in [0, 0.1) is 0 Å². The van der Waals surface area contributed by atoms with E-state index in [2.05, 4.69) is 78.6 Å². The molecule has 0 saturated carbocycles. The summed E-state index contributed by atoms with van der Waals surface area (Å²) in [4.78, 5) is 4.89. The Balaban J connectivity index is 1.52. The normalized spacial score (nSPS) is 16.4. The summed E-state index contributed by atoms with van der Waals surface area (Å²) in [6.45, 7) is 4.85. The molecule has 3 aromatic rings. The molecule has 1 aromatic carbocycles. The van der Waals surface area contributed by atoms with Gasteiger partial charge in [0, 0.05) is 30.5 Å². The van der Waals surface area contributed by atoms with Crippen LogP contribution in [0.1, 0.15) is 48.5 Å². The third kappa shape index (κ3) is 4.84. The predicted octanol–water partition coefficient (Wildman–Crippen LogP) is 5.36. The van der Waals surface area contributed by atoms with E-state index in [9.17, 15) is 0 Å². The molecule has 0 bridgehead atoms. The third-order valence-corrected chi connectivity index (χ3v) is 6.26. The smallest absolute Gasteiger partial charge is 0.171 e. The molecule has 3 heterocycles. The van der Waals surface area contributed by atoms with E-state index in [0.29, 0.717) is 12.5 Å². The molecule has 0 aliphatic carbocycles. The molecule has 1 unspecified atom stereocenters. The molecular formula is C21H26BrN7S. The van der Waals surface area contributed by atoms with Crippen LogP contribution in [-0.4, -0.2) is 33.9 Å². The molecule has 1 aliphatic heterocycles. The standard InChI is InChI=1S/C21H26BrN7S/c1-14(27-28-30-2)16-5-3-15(4-6-16)12-24-20-11-19(17-7-9-23-10-8-17)26-21-18(22)13-25-29(20)21/h3-6,11,13-14,17,23-24H,7-10,12H2,1-2H3. The molecule has 0 amide bonds. The third-order valence-electron chi connectivity index (χ3n) is 5.44. The van der Waals surface area contributed by atoms with Gasteiger partial charge in [0.05, 0.1) is 16.7 Å². The number of nitrogens with one attached hydrogen (secondary N) is 2. The van der Waals surface area contributed by atoms with Gasteiger partial charge in [0.15, 0.2) is 5.65 Å². The van der Waals surface area contributed by atoms with Crippen LogP contribution in [0.2, 0.25) is 0 Å². The lowest BCUT2D eigenvalue weighted by atomic mass is 9.94. The van der Waals surface area contributed by atoms with Crippen molar-refractivity contribution in [2.75, 3.05) is 24.7 Å². The van der Waals surface area contributed by atoms with Crippen molar-refractivity contribution < 1.29 is 0 Å². The number of rotatable bonds is 7. The first kappa shape index (κ1) is 21.3. The van der Waals surface area contributed by atoms with Crippen LogP contribution in [0.4, 0.5) is 5.82 Å². The van der Waals surface area contributed by atoms with Crippen LogP contribution in [0.25, 0.3) is 5.65 Å². The lowest BCUT2D eigenvalue weighted by Crippen LogP contribution is -2.27. The summed E-state index contributed by atoms with van der Waals surface area (Å²) < 4.78 is 6.81. The van der Waals surface area contributed by atoms with Crippen molar-refractivity contribution in [3.63, 3.8) is 0 Å². The van der Waals surface area contributed by atoms with Crippen molar-refractivity contribution in [1.82, 2.24) is 19.9 Å². The van der Waals surface area contributed by atoms with Crippen molar-refractivity contribution in [1.29, 1.82) is 0 Å². The molecule has 2 aromatic heterocycles. The second kappa shape index (κ2) is 9.89. The Morgan fingerprint density at radius 1 is 1.30 bits per heavy atom. The van der Waals surface area contributed by atoms with Gasteiger partial charge in [-0.15, -0.1) is 4.52 Å². The Labute approximate surface area is 189 Å². The van der Waals surface area contributed by atoms with E-state index < -0.39 is 0 Å². The number of halogens is 1. The molecule has 2 N–H and O–H groups in total. The summed E-state index contributed by atoms with van der Waals surface area (Å²) in [5, 5.41) is 15.7. The van der Waals surface area contributed by atoms with E-state index in [1.807, 2.05) is 10.8 Å². The quantitative estimate of drug-likeness (QED) is 0.346. The first-order valence-corrected chi connectivity index (χ1v) is 12.1. The zero-order valence-electron chi connectivity index (χ0n) is 17.2. The molecule has 9 heteroatoms. The topological polar surface area (TPSA) is 79.0 Å². The van der Waals surface area contributed by atoms with Gasteiger partial charge in [-0.3, -0.25) is 0 Å². The number of hydrogen-bond donors (Lipinski definition) is 2. The zero-order chi connectivity index (χ0) is 20.9. The molecule has 1 aliphatic rings. The van der Waals surface area contributed by atoms with E-state index >= 15 is 0 Å². The van der Waals surface area contributed by atoms with E-state index in [0.717, 1.165) is 53.1 Å². The van der Waals surface area contributed by atoms with Crippen LogP contribution in [0.15, 0.2) is 50.6 Å². The Bertz CT molecular complexity index is 1010. The Morgan fingerprint density at radius 3 is 2.80 bits per heavy atom. The summed E-state index contributed by atoms with van der Waals surface area (Å²) in [6.07, 6.45) is 5.94. The van der Waals surface area contributed by atoms with Crippen LogP contribution in [0.5, 0.6) is 0 Å². The largest absolute Gasteiger partial charge is 0.366 e. The molecule has 158 valence electrons. The fraction of sp³-hybridized carbons (Fsp3) is 0.429. The van der Waals surface area contributed by atoms with Gasteiger partial charge >= 0.3 is 0 Å². The maximum absolute atomic E-state index is 4.89. The van der Waals surface area contributed by atoms with Crippen molar-refractivity contribution in [3.8, 4) is 0 Å². The van der Waals surface area contributed by atoms with Gasteiger partial charge in [-0.05, 0) is 71.9 Å². The van der Waals surface area contributed by atoms with E-state index in [4.69, 9.17) is 4.98 Å². The number of anilines is 1. The van der Waals surface area contributed by atoms with Gasteiger partial charge in [-0.25, -0.2) is 4.98 Å². The highest BCUT2D eigenvalue weighted by molar-refractivity contribution is 9.10. The van der Waals surface area contributed by atoms with Crippen molar-refractivity contribution in [2.24, 2.45) is 9.63 Å². The molecular weight excluding hydrogens is 462 g/mol. The molecule has 1 fully saturated rings. The highest BCUT2D eigenvalue weighted by atomic mass is 79.9.